The van der Waals surface area contributed by atoms with Crippen LogP contribution in [-0.4, -0.2) is 24.0 Å². The maximum atomic E-state index is 11.9. The van der Waals surface area contributed by atoms with E-state index in [0.717, 1.165) is 22.4 Å². The number of anilines is 3. The molecule has 1 amide bonds. The third-order valence-electron chi connectivity index (χ3n) is 4.26. The zero-order valence-corrected chi connectivity index (χ0v) is 16.0. The Morgan fingerprint density at radius 3 is 2.55 bits per heavy atom. The molecule has 4 N–H and O–H groups in total. The number of methoxy groups -OCH3 is 1. The number of benzene rings is 2. The molecule has 0 saturated heterocycles. The van der Waals surface area contributed by atoms with Gasteiger partial charge in [0.25, 0.3) is 0 Å². The number of carbonyl (C=O) groups is 2. The Morgan fingerprint density at radius 1 is 1.03 bits per heavy atom. The first-order valence-electron chi connectivity index (χ1n) is 9.05. The lowest BCUT2D eigenvalue weighted by molar-refractivity contribution is -0.142. The molecule has 0 atom stereocenters. The van der Waals surface area contributed by atoms with E-state index in [1.165, 1.54) is 7.11 Å². The van der Waals surface area contributed by atoms with Crippen molar-refractivity contribution in [3.63, 3.8) is 0 Å². The molecule has 0 aliphatic rings. The molecule has 29 heavy (non-hydrogen) atoms. The van der Waals surface area contributed by atoms with Gasteiger partial charge in [-0.1, -0.05) is 30.3 Å². The van der Waals surface area contributed by atoms with Crippen LogP contribution in [0.5, 0.6) is 0 Å². The minimum Gasteiger partial charge on any atom is -0.469 e. The van der Waals surface area contributed by atoms with E-state index in [-0.39, 0.29) is 6.42 Å². The quantitative estimate of drug-likeness (QED) is 0.421. The predicted octanol–water partition coefficient (Wildman–Crippen LogP) is 3.44. The second-order valence-electron chi connectivity index (χ2n) is 6.37. The van der Waals surface area contributed by atoms with Crippen molar-refractivity contribution in [1.82, 2.24) is 4.98 Å². The first kappa shape index (κ1) is 19.9. The van der Waals surface area contributed by atoms with Crippen LogP contribution in [0, 0.1) is 0 Å². The lowest BCUT2D eigenvalue weighted by Crippen LogP contribution is -2.17. The number of rotatable bonds is 7. The fourth-order valence-corrected chi connectivity index (χ4v) is 2.81. The second kappa shape index (κ2) is 9.36. The predicted molar refractivity (Wildman–Crippen MR) is 113 cm³/mol. The van der Waals surface area contributed by atoms with Gasteiger partial charge in [-0.25, -0.2) is 4.98 Å². The number of ether oxygens (including phenoxy) is 1. The minimum atomic E-state index is -0.576. The molecule has 0 radical (unpaired) electrons. The highest BCUT2D eigenvalue weighted by Gasteiger charge is 2.10. The molecule has 0 saturated carbocycles. The number of aromatic nitrogens is 1. The molecule has 0 fully saturated rings. The van der Waals surface area contributed by atoms with Gasteiger partial charge in [-0.15, -0.1) is 0 Å². The van der Waals surface area contributed by atoms with Gasteiger partial charge in [0.05, 0.1) is 12.8 Å². The zero-order chi connectivity index (χ0) is 20.6. The summed E-state index contributed by atoms with van der Waals surface area (Å²) in [5, 5.41) is 5.99. The molecule has 1 aromatic heterocycles. The van der Waals surface area contributed by atoms with Crippen LogP contribution < -0.4 is 16.4 Å². The topological polar surface area (TPSA) is 106 Å². The Hall–Kier alpha value is -3.87. The lowest BCUT2D eigenvalue weighted by atomic mass is 10.0. The molecule has 1 heterocycles. The van der Waals surface area contributed by atoms with Crippen LogP contribution in [0.15, 0.2) is 66.9 Å². The highest BCUT2D eigenvalue weighted by atomic mass is 16.5. The summed E-state index contributed by atoms with van der Waals surface area (Å²) in [4.78, 5) is 27.2. The Balaban J connectivity index is 1.71. The van der Waals surface area contributed by atoms with Crippen molar-refractivity contribution in [2.24, 2.45) is 0 Å². The number of esters is 1. The summed E-state index contributed by atoms with van der Waals surface area (Å²) < 4.78 is 4.51. The molecule has 3 aromatic rings. The molecular weight excluding hydrogens is 368 g/mol. The second-order valence-corrected chi connectivity index (χ2v) is 6.37. The highest BCUT2D eigenvalue weighted by molar-refractivity contribution is 6.02. The van der Waals surface area contributed by atoms with Gasteiger partial charge >= 0.3 is 5.97 Å². The molecule has 0 bridgehead atoms. The van der Waals surface area contributed by atoms with E-state index < -0.39 is 11.9 Å². The SMILES string of the molecule is COC(=O)CC(=O)Nc1cccc(-c2cccc(CNc3cccnc3N)c2)c1. The summed E-state index contributed by atoms with van der Waals surface area (Å²) in [7, 11) is 1.25. The highest BCUT2D eigenvalue weighted by Crippen LogP contribution is 2.24. The number of nitrogens with one attached hydrogen (secondary N) is 2. The van der Waals surface area contributed by atoms with Crippen LogP contribution in [-0.2, 0) is 20.9 Å². The Kier molecular flexibility index (Phi) is 6.42. The smallest absolute Gasteiger partial charge is 0.315 e. The van der Waals surface area contributed by atoms with Crippen LogP contribution in [0.1, 0.15) is 12.0 Å². The van der Waals surface area contributed by atoms with Crippen molar-refractivity contribution in [3.05, 3.63) is 72.4 Å². The van der Waals surface area contributed by atoms with Gasteiger partial charge in [0, 0.05) is 18.4 Å². The van der Waals surface area contributed by atoms with Crippen molar-refractivity contribution in [2.45, 2.75) is 13.0 Å². The Morgan fingerprint density at radius 2 is 1.79 bits per heavy atom. The summed E-state index contributed by atoms with van der Waals surface area (Å²) in [6, 6.07) is 19.2. The largest absolute Gasteiger partial charge is 0.469 e. The van der Waals surface area contributed by atoms with Gasteiger partial charge in [-0.05, 0) is 47.0 Å². The Bertz CT molecular complexity index is 1020. The van der Waals surface area contributed by atoms with Crippen molar-refractivity contribution in [3.8, 4) is 11.1 Å². The fraction of sp³-hybridized carbons (Fsp3) is 0.136. The van der Waals surface area contributed by atoms with Gasteiger partial charge in [0.2, 0.25) is 5.91 Å². The maximum Gasteiger partial charge on any atom is 0.315 e. The van der Waals surface area contributed by atoms with Crippen LogP contribution in [0.4, 0.5) is 17.2 Å². The maximum absolute atomic E-state index is 11.9. The number of nitrogens with two attached hydrogens (primary N) is 1. The van der Waals surface area contributed by atoms with Crippen molar-refractivity contribution >= 4 is 29.1 Å². The number of carbonyl (C=O) groups excluding carboxylic acids is 2. The average Bonchev–Trinajstić information content (AvgIpc) is 2.73. The minimum absolute atomic E-state index is 0.320. The third-order valence-corrected chi connectivity index (χ3v) is 4.26. The average molecular weight is 390 g/mol. The molecule has 0 aliphatic heterocycles. The summed E-state index contributed by atoms with van der Waals surface area (Å²) in [5.41, 5.74) is 10.3. The van der Waals surface area contributed by atoms with E-state index in [4.69, 9.17) is 5.73 Å². The number of amides is 1. The van der Waals surface area contributed by atoms with Gasteiger partial charge in [-0.3, -0.25) is 9.59 Å². The molecule has 7 nitrogen and oxygen atoms in total. The molecule has 0 unspecified atom stereocenters. The number of nitrogen functional groups attached to an aromatic ring is 1. The summed E-state index contributed by atoms with van der Waals surface area (Å²) >= 11 is 0. The molecule has 3 rings (SSSR count). The number of hydrogen-bond acceptors (Lipinski definition) is 6. The van der Waals surface area contributed by atoms with Gasteiger partial charge in [0.1, 0.15) is 12.2 Å². The molecule has 7 heteroatoms. The van der Waals surface area contributed by atoms with E-state index in [1.807, 2.05) is 48.5 Å². The Labute approximate surface area is 168 Å². The fourth-order valence-electron chi connectivity index (χ4n) is 2.81. The standard InChI is InChI=1S/C22H22N4O3/c1-29-21(28)13-20(27)26-18-8-3-7-17(12-18)16-6-2-5-15(11-16)14-25-19-9-4-10-24-22(19)23/h2-12,25H,13-14H2,1H3,(H2,23,24)(H,26,27). The van der Waals surface area contributed by atoms with Gasteiger partial charge in [-0.2, -0.15) is 0 Å². The van der Waals surface area contributed by atoms with Crippen LogP contribution >= 0.6 is 0 Å². The van der Waals surface area contributed by atoms with E-state index >= 15 is 0 Å². The number of pyridine rings is 1. The van der Waals surface area contributed by atoms with Gasteiger partial charge < -0.3 is 21.1 Å². The van der Waals surface area contributed by atoms with Crippen LogP contribution in [0.3, 0.4) is 0 Å². The normalized spacial score (nSPS) is 10.2. The van der Waals surface area contributed by atoms with Crippen LogP contribution in [0.2, 0.25) is 0 Å². The summed E-state index contributed by atoms with van der Waals surface area (Å²) in [5.74, 6) is -0.534. The first-order chi connectivity index (χ1) is 14.0. The van der Waals surface area contributed by atoms with E-state index in [0.29, 0.717) is 18.1 Å². The molecule has 148 valence electrons. The number of nitrogens with zero attached hydrogens (tertiary/aromatic N) is 1. The molecule has 0 aliphatic carbocycles. The lowest BCUT2D eigenvalue weighted by Gasteiger charge is -2.11. The molecule has 0 spiro atoms. The zero-order valence-electron chi connectivity index (χ0n) is 16.0. The first-order valence-corrected chi connectivity index (χ1v) is 9.05. The van der Waals surface area contributed by atoms with E-state index in [2.05, 4.69) is 26.4 Å². The van der Waals surface area contributed by atoms with E-state index in [9.17, 15) is 9.59 Å². The third kappa shape index (κ3) is 5.55. The van der Waals surface area contributed by atoms with E-state index in [1.54, 1.807) is 12.3 Å². The van der Waals surface area contributed by atoms with Crippen molar-refractivity contribution in [1.29, 1.82) is 0 Å². The number of hydrogen-bond donors (Lipinski definition) is 3. The summed E-state index contributed by atoms with van der Waals surface area (Å²) in [6.07, 6.45) is 1.33. The molecule has 2 aromatic carbocycles. The molecular formula is C22H22N4O3. The van der Waals surface area contributed by atoms with Crippen LogP contribution in [0.25, 0.3) is 11.1 Å². The van der Waals surface area contributed by atoms with Crippen molar-refractivity contribution < 1.29 is 14.3 Å². The van der Waals surface area contributed by atoms with Crippen molar-refractivity contribution in [2.75, 3.05) is 23.5 Å². The van der Waals surface area contributed by atoms with Gasteiger partial charge in [0.15, 0.2) is 0 Å². The monoisotopic (exact) mass is 390 g/mol. The summed E-state index contributed by atoms with van der Waals surface area (Å²) in [6.45, 7) is 0.597.